The molecule has 0 aromatic heterocycles. The predicted molar refractivity (Wildman–Crippen MR) is 117 cm³/mol. The molecule has 30 heavy (non-hydrogen) atoms. The Morgan fingerprint density at radius 3 is 2.17 bits per heavy atom. The van der Waals surface area contributed by atoms with Gasteiger partial charge in [-0.15, -0.1) is 0 Å². The molecule has 4 bridgehead atoms. The minimum atomic E-state index is -0.101. The van der Waals surface area contributed by atoms with Gasteiger partial charge in [0.1, 0.15) is 0 Å². The lowest BCUT2D eigenvalue weighted by atomic mass is 9.49. The smallest absolute Gasteiger partial charge is 0.226 e. The van der Waals surface area contributed by atoms with Crippen molar-refractivity contribution in [3.63, 3.8) is 0 Å². The second-order valence-electron chi connectivity index (χ2n) is 11.2. The molecule has 1 N–H and O–H groups in total. The van der Waals surface area contributed by atoms with Crippen LogP contribution in [0.1, 0.15) is 57.8 Å². The first-order valence-electron chi connectivity index (χ1n) is 12.5. The van der Waals surface area contributed by atoms with E-state index in [1.807, 2.05) is 4.90 Å². The van der Waals surface area contributed by atoms with E-state index >= 15 is 0 Å². The summed E-state index contributed by atoms with van der Waals surface area (Å²) in [5.41, 5.74) is -0.101. The second-order valence-corrected chi connectivity index (χ2v) is 11.2. The van der Waals surface area contributed by atoms with Crippen molar-refractivity contribution in [3.8, 4) is 0 Å². The van der Waals surface area contributed by atoms with Crippen LogP contribution in [0.3, 0.4) is 0 Å². The topological polar surface area (TPSA) is 55.9 Å². The third kappa shape index (κ3) is 4.14. The van der Waals surface area contributed by atoms with Crippen molar-refractivity contribution in [2.45, 2.75) is 63.8 Å². The Labute approximate surface area is 181 Å². The van der Waals surface area contributed by atoms with Gasteiger partial charge in [-0.2, -0.15) is 0 Å². The molecule has 6 rings (SSSR count). The molecule has 6 aliphatic rings. The Hall–Kier alpha value is -1.14. The highest BCUT2D eigenvalue weighted by Gasteiger charge is 2.54. The van der Waals surface area contributed by atoms with Crippen LogP contribution in [0.25, 0.3) is 0 Å². The minimum Gasteiger partial charge on any atom is -0.355 e. The molecule has 2 saturated heterocycles. The first kappa shape index (κ1) is 20.7. The third-order valence-electron chi connectivity index (χ3n) is 8.93. The highest BCUT2D eigenvalue weighted by Crippen LogP contribution is 2.60. The zero-order chi connectivity index (χ0) is 20.7. The number of amides is 2. The van der Waals surface area contributed by atoms with E-state index in [0.29, 0.717) is 19.0 Å². The Balaban J connectivity index is 1.05. The number of piperidine rings is 1. The van der Waals surface area contributed by atoms with Crippen molar-refractivity contribution in [3.05, 3.63) is 0 Å². The molecule has 2 heterocycles. The van der Waals surface area contributed by atoms with Crippen LogP contribution in [0.5, 0.6) is 0 Å². The highest BCUT2D eigenvalue weighted by molar-refractivity contribution is 5.84. The maximum atomic E-state index is 13.1. The fraction of sp³-hybridized carbons (Fsp3) is 0.917. The fourth-order valence-electron chi connectivity index (χ4n) is 7.79. The van der Waals surface area contributed by atoms with E-state index in [0.717, 1.165) is 69.7 Å². The summed E-state index contributed by atoms with van der Waals surface area (Å²) < 4.78 is 0. The van der Waals surface area contributed by atoms with Crippen LogP contribution in [0.15, 0.2) is 0 Å². The van der Waals surface area contributed by atoms with Gasteiger partial charge in [0.15, 0.2) is 0 Å². The molecule has 2 aliphatic heterocycles. The largest absolute Gasteiger partial charge is 0.355 e. The number of piperazine rings is 1. The number of carbonyl (C=O) groups is 2. The summed E-state index contributed by atoms with van der Waals surface area (Å²) in [7, 11) is 2.21. The molecule has 0 spiro atoms. The van der Waals surface area contributed by atoms with Crippen LogP contribution >= 0.6 is 0 Å². The fourth-order valence-corrected chi connectivity index (χ4v) is 7.79. The van der Waals surface area contributed by atoms with Crippen LogP contribution < -0.4 is 5.32 Å². The number of hydrogen-bond acceptors (Lipinski definition) is 4. The summed E-state index contributed by atoms with van der Waals surface area (Å²) in [6, 6.07) is 0.653. The number of nitrogens with one attached hydrogen (secondary N) is 1. The van der Waals surface area contributed by atoms with Crippen LogP contribution in [0.4, 0.5) is 0 Å². The van der Waals surface area contributed by atoms with Crippen molar-refractivity contribution in [1.29, 1.82) is 0 Å². The Morgan fingerprint density at radius 2 is 1.57 bits per heavy atom. The molecule has 4 aliphatic carbocycles. The van der Waals surface area contributed by atoms with Gasteiger partial charge < -0.3 is 15.1 Å². The average molecular weight is 417 g/mol. The quantitative estimate of drug-likeness (QED) is 0.744. The van der Waals surface area contributed by atoms with Crippen molar-refractivity contribution in [2.24, 2.45) is 23.2 Å². The van der Waals surface area contributed by atoms with Gasteiger partial charge in [0, 0.05) is 57.1 Å². The maximum Gasteiger partial charge on any atom is 0.226 e. The molecule has 0 radical (unpaired) electrons. The number of nitrogens with zero attached hydrogens (tertiary/aromatic N) is 3. The van der Waals surface area contributed by atoms with Gasteiger partial charge in [-0.1, -0.05) is 0 Å². The number of rotatable bonds is 5. The van der Waals surface area contributed by atoms with Crippen molar-refractivity contribution in [2.75, 3.05) is 52.9 Å². The van der Waals surface area contributed by atoms with E-state index in [1.54, 1.807) is 0 Å². The third-order valence-corrected chi connectivity index (χ3v) is 8.93. The zero-order valence-electron chi connectivity index (χ0n) is 18.8. The molecule has 1 atom stereocenters. The van der Waals surface area contributed by atoms with Crippen molar-refractivity contribution < 1.29 is 9.59 Å². The summed E-state index contributed by atoms with van der Waals surface area (Å²) >= 11 is 0. The summed E-state index contributed by atoms with van der Waals surface area (Å²) in [4.78, 5) is 32.8. The predicted octanol–water partition coefficient (Wildman–Crippen LogP) is 1.95. The lowest BCUT2D eigenvalue weighted by Crippen LogP contribution is -2.56. The SMILES string of the molecule is CN1CCCC(N2CCN(C(=O)CCNC(=O)C34CC5CC(CC(C5)C3)C4)CC2)C1. The Kier molecular flexibility index (Phi) is 5.82. The lowest BCUT2D eigenvalue weighted by molar-refractivity contribution is -0.146. The monoisotopic (exact) mass is 416 g/mol. The molecule has 6 heteroatoms. The number of carbonyl (C=O) groups excluding carboxylic acids is 2. The van der Waals surface area contributed by atoms with E-state index in [-0.39, 0.29) is 17.2 Å². The van der Waals surface area contributed by atoms with Crippen LogP contribution in [-0.4, -0.2) is 85.4 Å². The van der Waals surface area contributed by atoms with Crippen LogP contribution in [-0.2, 0) is 9.59 Å². The first-order chi connectivity index (χ1) is 14.5. The van der Waals surface area contributed by atoms with E-state index in [4.69, 9.17) is 0 Å². The number of hydrogen-bond donors (Lipinski definition) is 1. The average Bonchev–Trinajstić information content (AvgIpc) is 2.73. The molecular weight excluding hydrogens is 376 g/mol. The molecule has 168 valence electrons. The summed E-state index contributed by atoms with van der Waals surface area (Å²) in [5.74, 6) is 2.80. The first-order valence-corrected chi connectivity index (χ1v) is 12.5. The summed E-state index contributed by atoms with van der Waals surface area (Å²) in [6.45, 7) is 6.53. The van der Waals surface area contributed by atoms with Gasteiger partial charge in [-0.05, 0) is 82.7 Å². The van der Waals surface area contributed by atoms with Gasteiger partial charge in [0.05, 0.1) is 0 Å². The molecule has 6 nitrogen and oxygen atoms in total. The molecular formula is C24H40N4O2. The molecule has 0 aromatic carbocycles. The summed E-state index contributed by atoms with van der Waals surface area (Å²) in [6.07, 6.45) is 10.4. The Bertz CT molecular complexity index is 622. The molecule has 6 fully saturated rings. The second kappa shape index (κ2) is 8.42. The van der Waals surface area contributed by atoms with Gasteiger partial charge >= 0.3 is 0 Å². The van der Waals surface area contributed by atoms with E-state index < -0.39 is 0 Å². The molecule has 4 saturated carbocycles. The van der Waals surface area contributed by atoms with E-state index in [2.05, 4.69) is 22.2 Å². The van der Waals surface area contributed by atoms with Gasteiger partial charge in [0.2, 0.25) is 11.8 Å². The van der Waals surface area contributed by atoms with E-state index in [1.165, 1.54) is 38.6 Å². The van der Waals surface area contributed by atoms with Crippen LogP contribution in [0.2, 0.25) is 0 Å². The normalized spacial score (nSPS) is 39.3. The summed E-state index contributed by atoms with van der Waals surface area (Å²) in [5, 5.41) is 3.17. The van der Waals surface area contributed by atoms with Gasteiger partial charge in [0.25, 0.3) is 0 Å². The maximum absolute atomic E-state index is 13.1. The Morgan fingerprint density at radius 1 is 0.933 bits per heavy atom. The van der Waals surface area contributed by atoms with Crippen molar-refractivity contribution >= 4 is 11.8 Å². The van der Waals surface area contributed by atoms with Crippen molar-refractivity contribution in [1.82, 2.24) is 20.0 Å². The number of likely N-dealkylation sites (N-methyl/N-ethyl adjacent to an activating group) is 1. The molecule has 0 aromatic rings. The van der Waals surface area contributed by atoms with Gasteiger partial charge in [-0.25, -0.2) is 0 Å². The standard InChI is InChI=1S/C24H40N4O2/c1-26-6-2-3-21(17-26)27-7-9-28(10-8-27)22(29)4-5-25-23(30)24-14-18-11-19(15-24)13-20(12-18)16-24/h18-21H,2-17H2,1H3,(H,25,30). The highest BCUT2D eigenvalue weighted by atomic mass is 16.2. The van der Waals surface area contributed by atoms with E-state index in [9.17, 15) is 9.59 Å². The van der Waals surface area contributed by atoms with Gasteiger partial charge in [-0.3, -0.25) is 14.5 Å². The van der Waals surface area contributed by atoms with Crippen LogP contribution in [0, 0.1) is 23.2 Å². The zero-order valence-corrected chi connectivity index (χ0v) is 18.8. The molecule has 2 amide bonds. The number of likely N-dealkylation sites (tertiary alicyclic amines) is 1. The lowest BCUT2D eigenvalue weighted by Gasteiger charge is -2.55. The minimum absolute atomic E-state index is 0.101. The molecule has 1 unspecified atom stereocenters.